The molecule has 8 heteroatoms. The van der Waals surface area contributed by atoms with Gasteiger partial charge in [0.15, 0.2) is 0 Å². The van der Waals surface area contributed by atoms with E-state index in [1.807, 2.05) is 11.8 Å². The second kappa shape index (κ2) is 10.8. The van der Waals surface area contributed by atoms with Crippen LogP contribution in [0.3, 0.4) is 0 Å². The summed E-state index contributed by atoms with van der Waals surface area (Å²) in [6, 6.07) is 5.21. The molecule has 6 nitrogen and oxygen atoms in total. The zero-order valence-electron chi connectivity index (χ0n) is 18.0. The summed E-state index contributed by atoms with van der Waals surface area (Å²) in [6.45, 7) is 6.62. The molecule has 2 fully saturated rings. The molecular weight excluding hydrogens is 437 g/mol. The first-order valence-electron chi connectivity index (χ1n) is 10.9. The van der Waals surface area contributed by atoms with E-state index < -0.39 is 5.60 Å². The van der Waals surface area contributed by atoms with Gasteiger partial charge in [-0.15, -0.1) is 0 Å². The van der Waals surface area contributed by atoms with Gasteiger partial charge in [0.25, 0.3) is 0 Å². The number of hydrogen-bond donors (Lipinski definition) is 1. The molecule has 0 aliphatic carbocycles. The number of likely N-dealkylation sites (tertiary alicyclic amines) is 1. The van der Waals surface area contributed by atoms with E-state index in [0.29, 0.717) is 49.2 Å². The summed E-state index contributed by atoms with van der Waals surface area (Å²) in [6.07, 6.45) is 6.28. The second-order valence-corrected chi connectivity index (χ2v) is 9.51. The highest BCUT2D eigenvalue weighted by Crippen LogP contribution is 2.23. The summed E-state index contributed by atoms with van der Waals surface area (Å²) in [7, 11) is 0. The fourth-order valence-corrected chi connectivity index (χ4v) is 4.52. The highest BCUT2D eigenvalue weighted by Gasteiger charge is 2.28. The van der Waals surface area contributed by atoms with Crippen molar-refractivity contribution < 1.29 is 14.7 Å². The standard InChI is InChI=1S/C23H31Cl2N3O3/c1-23(31)9-2-10-26(17-23)11-3-12-27-14-15-28(13-8-22(27)30)21(29)7-5-18-4-6-19(24)20(25)16-18/h4-7,16,31H,2-3,8-15,17H2,1H3. The maximum Gasteiger partial charge on any atom is 0.246 e. The lowest BCUT2D eigenvalue weighted by Gasteiger charge is -2.37. The van der Waals surface area contributed by atoms with Crippen molar-refractivity contribution in [2.75, 3.05) is 45.8 Å². The molecule has 2 amide bonds. The van der Waals surface area contributed by atoms with Gasteiger partial charge in [0.05, 0.1) is 15.6 Å². The highest BCUT2D eigenvalue weighted by molar-refractivity contribution is 6.42. The Kier molecular flexibility index (Phi) is 8.39. The molecular formula is C23H31Cl2N3O3. The molecule has 1 aromatic rings. The van der Waals surface area contributed by atoms with E-state index in [1.54, 1.807) is 29.2 Å². The van der Waals surface area contributed by atoms with Crippen molar-refractivity contribution in [2.45, 2.75) is 38.2 Å². The van der Waals surface area contributed by atoms with Gasteiger partial charge in [-0.1, -0.05) is 29.3 Å². The molecule has 31 heavy (non-hydrogen) atoms. The second-order valence-electron chi connectivity index (χ2n) is 8.69. The third-order valence-electron chi connectivity index (χ3n) is 5.92. The van der Waals surface area contributed by atoms with Crippen molar-refractivity contribution in [3.05, 3.63) is 39.9 Å². The number of aliphatic hydroxyl groups is 1. The summed E-state index contributed by atoms with van der Waals surface area (Å²) < 4.78 is 0. The van der Waals surface area contributed by atoms with Crippen molar-refractivity contribution in [3.8, 4) is 0 Å². The van der Waals surface area contributed by atoms with Crippen LogP contribution in [0, 0.1) is 0 Å². The molecule has 2 aliphatic rings. The van der Waals surface area contributed by atoms with Crippen LogP contribution in [-0.4, -0.2) is 83.0 Å². The smallest absolute Gasteiger partial charge is 0.246 e. The van der Waals surface area contributed by atoms with E-state index in [1.165, 1.54) is 6.08 Å². The lowest BCUT2D eigenvalue weighted by Crippen LogP contribution is -2.46. The summed E-state index contributed by atoms with van der Waals surface area (Å²) in [5.41, 5.74) is 0.189. The first-order valence-corrected chi connectivity index (χ1v) is 11.6. The number of halogens is 2. The van der Waals surface area contributed by atoms with Crippen LogP contribution in [0.25, 0.3) is 6.08 Å². The third kappa shape index (κ3) is 7.21. The first-order chi connectivity index (χ1) is 14.7. The lowest BCUT2D eigenvalue weighted by atomic mass is 9.95. The van der Waals surface area contributed by atoms with E-state index >= 15 is 0 Å². The molecule has 0 bridgehead atoms. The lowest BCUT2D eigenvalue weighted by molar-refractivity contribution is -0.130. The van der Waals surface area contributed by atoms with E-state index in [0.717, 1.165) is 37.9 Å². The van der Waals surface area contributed by atoms with Crippen molar-refractivity contribution in [1.82, 2.24) is 14.7 Å². The van der Waals surface area contributed by atoms with Gasteiger partial charge in [-0.3, -0.25) is 9.59 Å². The molecule has 170 valence electrons. The molecule has 2 saturated heterocycles. The van der Waals surface area contributed by atoms with Crippen LogP contribution in [-0.2, 0) is 9.59 Å². The number of carbonyl (C=O) groups excluding carboxylic acids is 2. The maximum atomic E-state index is 12.6. The minimum Gasteiger partial charge on any atom is -0.389 e. The highest BCUT2D eigenvalue weighted by atomic mass is 35.5. The predicted molar refractivity (Wildman–Crippen MR) is 124 cm³/mol. The fraction of sp³-hybridized carbons (Fsp3) is 0.565. The van der Waals surface area contributed by atoms with Gasteiger partial charge in [0, 0.05) is 45.2 Å². The topological polar surface area (TPSA) is 64.1 Å². The molecule has 1 unspecified atom stereocenters. The minimum atomic E-state index is -0.609. The van der Waals surface area contributed by atoms with Crippen molar-refractivity contribution >= 4 is 41.1 Å². The number of amides is 2. The number of hydrogen-bond acceptors (Lipinski definition) is 4. The monoisotopic (exact) mass is 467 g/mol. The average Bonchev–Trinajstić information content (AvgIpc) is 2.90. The molecule has 2 aliphatic heterocycles. The normalized spacial score (nSPS) is 23.4. The van der Waals surface area contributed by atoms with Gasteiger partial charge in [0.1, 0.15) is 0 Å². The zero-order valence-corrected chi connectivity index (χ0v) is 19.5. The molecule has 0 spiro atoms. The van der Waals surface area contributed by atoms with Gasteiger partial charge >= 0.3 is 0 Å². The molecule has 0 saturated carbocycles. The number of piperidine rings is 1. The number of nitrogens with zero attached hydrogens (tertiary/aromatic N) is 3. The summed E-state index contributed by atoms with van der Waals surface area (Å²) in [4.78, 5) is 30.9. The summed E-state index contributed by atoms with van der Waals surface area (Å²) >= 11 is 11.9. The first kappa shape index (κ1) is 24.1. The Morgan fingerprint density at radius 1 is 1.16 bits per heavy atom. The number of carbonyl (C=O) groups is 2. The van der Waals surface area contributed by atoms with Crippen LogP contribution < -0.4 is 0 Å². The van der Waals surface area contributed by atoms with Gasteiger partial charge in [-0.05, 0) is 63.0 Å². The SMILES string of the molecule is CC1(O)CCCN(CCCN2CCN(C(=O)C=Cc3ccc(Cl)c(Cl)c3)CCC2=O)C1. The molecule has 0 radical (unpaired) electrons. The Hall–Kier alpha value is -1.60. The number of rotatable bonds is 6. The summed E-state index contributed by atoms with van der Waals surface area (Å²) in [5.74, 6) is -0.0225. The Morgan fingerprint density at radius 2 is 1.97 bits per heavy atom. The van der Waals surface area contributed by atoms with Gasteiger partial charge < -0.3 is 19.8 Å². The van der Waals surface area contributed by atoms with Crippen molar-refractivity contribution in [3.63, 3.8) is 0 Å². The van der Waals surface area contributed by atoms with E-state index in [2.05, 4.69) is 4.90 Å². The van der Waals surface area contributed by atoms with Crippen LogP contribution in [0.5, 0.6) is 0 Å². The number of β-amino-alcohol motifs (C(OH)–C–C–N with tert-alkyl or cyclic N) is 1. The molecule has 1 aromatic carbocycles. The minimum absolute atomic E-state index is 0.0920. The Balaban J connectivity index is 1.46. The van der Waals surface area contributed by atoms with Gasteiger partial charge in [0.2, 0.25) is 11.8 Å². The number of benzene rings is 1. The molecule has 0 aromatic heterocycles. The van der Waals surface area contributed by atoms with Crippen molar-refractivity contribution in [2.24, 2.45) is 0 Å². The Labute approximate surface area is 194 Å². The predicted octanol–water partition coefficient (Wildman–Crippen LogP) is 3.30. The Bertz CT molecular complexity index is 828. The van der Waals surface area contributed by atoms with Crippen LogP contribution in [0.1, 0.15) is 38.2 Å². The average molecular weight is 468 g/mol. The maximum absolute atomic E-state index is 12.6. The van der Waals surface area contributed by atoms with Gasteiger partial charge in [-0.2, -0.15) is 0 Å². The van der Waals surface area contributed by atoms with Crippen LogP contribution in [0.15, 0.2) is 24.3 Å². The summed E-state index contributed by atoms with van der Waals surface area (Å²) in [5, 5.41) is 11.2. The largest absolute Gasteiger partial charge is 0.389 e. The molecule has 1 N–H and O–H groups in total. The van der Waals surface area contributed by atoms with Crippen LogP contribution in [0.2, 0.25) is 10.0 Å². The quantitative estimate of drug-likeness (QED) is 0.651. The van der Waals surface area contributed by atoms with Crippen LogP contribution in [0.4, 0.5) is 0 Å². The van der Waals surface area contributed by atoms with Crippen molar-refractivity contribution in [1.29, 1.82) is 0 Å². The van der Waals surface area contributed by atoms with E-state index in [-0.39, 0.29) is 11.8 Å². The molecule has 3 rings (SSSR count). The molecule has 2 heterocycles. The third-order valence-corrected chi connectivity index (χ3v) is 6.66. The molecule has 1 atom stereocenters. The van der Waals surface area contributed by atoms with Crippen LogP contribution >= 0.6 is 23.2 Å². The Morgan fingerprint density at radius 3 is 2.71 bits per heavy atom. The van der Waals surface area contributed by atoms with E-state index in [9.17, 15) is 14.7 Å². The van der Waals surface area contributed by atoms with E-state index in [4.69, 9.17) is 23.2 Å². The fourth-order valence-electron chi connectivity index (χ4n) is 4.21. The van der Waals surface area contributed by atoms with Gasteiger partial charge in [-0.25, -0.2) is 0 Å². The zero-order chi connectivity index (χ0) is 22.4.